The zero-order chi connectivity index (χ0) is 11.5. The van der Waals surface area contributed by atoms with Crippen molar-refractivity contribution in [3.63, 3.8) is 0 Å². The van der Waals surface area contributed by atoms with Crippen molar-refractivity contribution in [1.82, 2.24) is 0 Å². The Labute approximate surface area is 97.9 Å². The summed E-state index contributed by atoms with van der Waals surface area (Å²) in [6.45, 7) is 2.02. The van der Waals surface area contributed by atoms with Crippen LogP contribution >= 0.6 is 11.3 Å². The molecule has 16 heavy (non-hydrogen) atoms. The Balaban J connectivity index is 2.17. The van der Waals surface area contributed by atoms with Crippen LogP contribution in [-0.4, -0.2) is 0 Å². The molecular formula is C12H13FN2S. The quantitative estimate of drug-likeness (QED) is 0.798. The monoisotopic (exact) mass is 236 g/mol. The molecular weight excluding hydrogens is 223 g/mol. The van der Waals surface area contributed by atoms with Crippen LogP contribution in [0, 0.1) is 5.82 Å². The molecule has 1 heterocycles. The maximum atomic E-state index is 13.0. The first-order valence-electron chi connectivity index (χ1n) is 5.02. The fraction of sp³-hybridized carbons (Fsp3) is 0.167. The largest absolute Gasteiger partial charge is 0.397 e. The third kappa shape index (κ3) is 2.33. The van der Waals surface area contributed by atoms with E-state index in [-0.39, 0.29) is 11.9 Å². The first-order chi connectivity index (χ1) is 7.66. The molecule has 1 aromatic heterocycles. The fourth-order valence-electron chi connectivity index (χ4n) is 1.50. The van der Waals surface area contributed by atoms with Crippen molar-refractivity contribution in [3.8, 4) is 0 Å². The van der Waals surface area contributed by atoms with Crippen LogP contribution in [0.15, 0.2) is 35.7 Å². The van der Waals surface area contributed by atoms with Crippen molar-refractivity contribution in [2.75, 3.05) is 11.1 Å². The molecule has 2 nitrogen and oxygen atoms in total. The molecule has 3 N–H and O–H groups in total. The molecule has 1 unspecified atom stereocenters. The normalized spacial score (nSPS) is 12.4. The van der Waals surface area contributed by atoms with E-state index < -0.39 is 0 Å². The molecule has 2 aromatic rings. The second-order valence-electron chi connectivity index (χ2n) is 3.61. The average molecular weight is 236 g/mol. The van der Waals surface area contributed by atoms with Crippen LogP contribution in [0.1, 0.15) is 17.8 Å². The van der Waals surface area contributed by atoms with Crippen LogP contribution < -0.4 is 11.1 Å². The number of nitrogen functional groups attached to an aromatic ring is 1. The number of nitrogens with one attached hydrogen (secondary N) is 1. The van der Waals surface area contributed by atoms with Crippen molar-refractivity contribution in [1.29, 1.82) is 0 Å². The molecule has 84 valence electrons. The van der Waals surface area contributed by atoms with Crippen LogP contribution in [0.3, 0.4) is 0 Å². The maximum absolute atomic E-state index is 13.0. The molecule has 0 aliphatic rings. The summed E-state index contributed by atoms with van der Waals surface area (Å²) < 4.78 is 13.0. The predicted molar refractivity (Wildman–Crippen MR) is 67.2 cm³/mol. The number of benzene rings is 1. The van der Waals surface area contributed by atoms with Gasteiger partial charge in [-0.1, -0.05) is 6.07 Å². The van der Waals surface area contributed by atoms with Gasteiger partial charge in [0, 0.05) is 4.88 Å². The summed E-state index contributed by atoms with van der Waals surface area (Å²) in [5.41, 5.74) is 6.97. The number of rotatable bonds is 3. The van der Waals surface area contributed by atoms with Gasteiger partial charge in [-0.05, 0) is 36.6 Å². The summed E-state index contributed by atoms with van der Waals surface area (Å²) in [6.07, 6.45) is 0. The Morgan fingerprint density at radius 2 is 2.19 bits per heavy atom. The summed E-state index contributed by atoms with van der Waals surface area (Å²) in [6, 6.07) is 8.50. The zero-order valence-electron chi connectivity index (χ0n) is 8.91. The molecule has 2 rings (SSSR count). The first-order valence-corrected chi connectivity index (χ1v) is 5.90. The van der Waals surface area contributed by atoms with Crippen molar-refractivity contribution < 1.29 is 4.39 Å². The van der Waals surface area contributed by atoms with E-state index in [0.717, 1.165) is 0 Å². The Hall–Kier alpha value is -1.55. The summed E-state index contributed by atoms with van der Waals surface area (Å²) in [5.74, 6) is -0.282. The third-order valence-corrected chi connectivity index (χ3v) is 3.41. The molecule has 0 saturated carbocycles. The Morgan fingerprint density at radius 1 is 1.38 bits per heavy atom. The number of hydrogen-bond acceptors (Lipinski definition) is 3. The highest BCUT2D eigenvalue weighted by Crippen LogP contribution is 2.26. The highest BCUT2D eigenvalue weighted by atomic mass is 32.1. The van der Waals surface area contributed by atoms with Gasteiger partial charge in [-0.2, -0.15) is 0 Å². The van der Waals surface area contributed by atoms with Crippen LogP contribution in [0.5, 0.6) is 0 Å². The van der Waals surface area contributed by atoms with E-state index in [2.05, 4.69) is 5.32 Å². The number of nitrogens with two attached hydrogens (primary N) is 1. The Kier molecular flexibility index (Phi) is 3.10. The minimum Gasteiger partial charge on any atom is -0.397 e. The smallest absolute Gasteiger partial charge is 0.125 e. The zero-order valence-corrected chi connectivity index (χ0v) is 9.72. The van der Waals surface area contributed by atoms with E-state index in [1.165, 1.54) is 17.0 Å². The summed E-state index contributed by atoms with van der Waals surface area (Å²) >= 11 is 1.66. The highest BCUT2D eigenvalue weighted by Gasteiger charge is 2.08. The van der Waals surface area contributed by atoms with E-state index in [0.29, 0.717) is 11.4 Å². The van der Waals surface area contributed by atoms with E-state index in [1.54, 1.807) is 17.4 Å². The van der Waals surface area contributed by atoms with Gasteiger partial charge in [-0.15, -0.1) is 11.3 Å². The number of halogens is 1. The van der Waals surface area contributed by atoms with Crippen molar-refractivity contribution in [3.05, 3.63) is 46.4 Å². The van der Waals surface area contributed by atoms with Crippen LogP contribution in [0.4, 0.5) is 15.8 Å². The van der Waals surface area contributed by atoms with Gasteiger partial charge >= 0.3 is 0 Å². The minimum atomic E-state index is -0.282. The van der Waals surface area contributed by atoms with Gasteiger partial charge in [0.25, 0.3) is 0 Å². The molecule has 0 aliphatic heterocycles. The van der Waals surface area contributed by atoms with E-state index in [1.807, 2.05) is 24.4 Å². The van der Waals surface area contributed by atoms with Gasteiger partial charge in [0.2, 0.25) is 0 Å². The maximum Gasteiger partial charge on any atom is 0.125 e. The Bertz CT molecular complexity index is 468. The number of hydrogen-bond donors (Lipinski definition) is 2. The topological polar surface area (TPSA) is 38.0 Å². The molecule has 0 saturated heterocycles. The van der Waals surface area contributed by atoms with Crippen molar-refractivity contribution in [2.45, 2.75) is 13.0 Å². The minimum absolute atomic E-state index is 0.129. The van der Waals surface area contributed by atoms with Crippen LogP contribution in [0.25, 0.3) is 0 Å². The lowest BCUT2D eigenvalue weighted by Crippen LogP contribution is -2.07. The van der Waals surface area contributed by atoms with Gasteiger partial charge in [-0.25, -0.2) is 4.39 Å². The lowest BCUT2D eigenvalue weighted by molar-refractivity contribution is 0.628. The average Bonchev–Trinajstić information content (AvgIpc) is 2.76. The molecule has 0 fully saturated rings. The van der Waals surface area contributed by atoms with Crippen molar-refractivity contribution in [2.24, 2.45) is 0 Å². The molecule has 0 aliphatic carbocycles. The number of thiophene rings is 1. The highest BCUT2D eigenvalue weighted by molar-refractivity contribution is 7.10. The van der Waals surface area contributed by atoms with E-state index in [4.69, 9.17) is 5.73 Å². The van der Waals surface area contributed by atoms with Crippen molar-refractivity contribution >= 4 is 22.7 Å². The van der Waals surface area contributed by atoms with E-state index in [9.17, 15) is 4.39 Å². The molecule has 4 heteroatoms. The molecule has 0 spiro atoms. The van der Waals surface area contributed by atoms with E-state index >= 15 is 0 Å². The summed E-state index contributed by atoms with van der Waals surface area (Å²) in [5, 5.41) is 5.22. The SMILES string of the molecule is CC(Nc1cc(F)ccc1N)c1cccs1. The summed E-state index contributed by atoms with van der Waals surface area (Å²) in [4.78, 5) is 1.20. The number of anilines is 2. The molecule has 1 aromatic carbocycles. The predicted octanol–water partition coefficient (Wildman–Crippen LogP) is 3.64. The van der Waals surface area contributed by atoms with Gasteiger partial charge in [0.05, 0.1) is 17.4 Å². The summed E-state index contributed by atoms with van der Waals surface area (Å²) in [7, 11) is 0. The molecule has 0 amide bonds. The molecule has 0 radical (unpaired) electrons. The fourth-order valence-corrected chi connectivity index (χ4v) is 2.23. The first kappa shape index (κ1) is 11.0. The standard InChI is InChI=1S/C12H13FN2S/c1-8(12-3-2-6-16-12)15-11-7-9(13)4-5-10(11)14/h2-8,15H,14H2,1H3. The lowest BCUT2D eigenvalue weighted by atomic mass is 10.2. The third-order valence-electron chi connectivity index (χ3n) is 2.36. The Morgan fingerprint density at radius 3 is 2.88 bits per heavy atom. The molecule has 0 bridgehead atoms. The molecule has 1 atom stereocenters. The van der Waals surface area contributed by atoms with Crippen LogP contribution in [-0.2, 0) is 0 Å². The second-order valence-corrected chi connectivity index (χ2v) is 4.59. The van der Waals surface area contributed by atoms with Crippen LogP contribution in [0.2, 0.25) is 0 Å². The lowest BCUT2D eigenvalue weighted by Gasteiger charge is -2.15. The van der Waals surface area contributed by atoms with Gasteiger partial charge < -0.3 is 11.1 Å². The van der Waals surface area contributed by atoms with Gasteiger partial charge in [0.15, 0.2) is 0 Å². The van der Waals surface area contributed by atoms with Gasteiger partial charge in [-0.3, -0.25) is 0 Å². The van der Waals surface area contributed by atoms with Gasteiger partial charge in [0.1, 0.15) is 5.82 Å². The second kappa shape index (κ2) is 4.53.